The molecule has 0 amide bonds. The summed E-state index contributed by atoms with van der Waals surface area (Å²) in [5, 5.41) is 0. The Kier molecular flexibility index (Phi) is 2.26. The Morgan fingerprint density at radius 1 is 1.40 bits per heavy atom. The molecule has 2 rings (SSSR count). The smallest absolute Gasteiger partial charge is 0.134 e. The Morgan fingerprint density at radius 2 is 2.07 bits per heavy atom. The van der Waals surface area contributed by atoms with E-state index in [9.17, 15) is 0 Å². The molecule has 2 aromatic rings. The van der Waals surface area contributed by atoms with Crippen LogP contribution in [0.1, 0.15) is 26.6 Å². The molecule has 2 heterocycles. The molecule has 0 aliphatic heterocycles. The maximum Gasteiger partial charge on any atom is 0.134 e. The second-order valence-electron chi connectivity index (χ2n) is 4.66. The number of pyridine rings is 1. The third-order valence-corrected chi connectivity index (χ3v) is 2.88. The lowest BCUT2D eigenvalue weighted by molar-refractivity contribution is 0.542. The second kappa shape index (κ2) is 3.23. The van der Waals surface area contributed by atoms with E-state index in [4.69, 9.17) is 5.73 Å². The quantitative estimate of drug-likeness (QED) is 0.798. The minimum absolute atomic E-state index is 0.00271. The number of imidazole rings is 1. The maximum atomic E-state index is 5.92. The predicted molar refractivity (Wildman–Crippen MR) is 66.0 cm³/mol. The molecular formula is C11H14BrN3. The maximum absolute atomic E-state index is 5.92. The van der Waals surface area contributed by atoms with Crippen LogP contribution >= 0.6 is 15.9 Å². The van der Waals surface area contributed by atoms with Gasteiger partial charge in [-0.05, 0) is 28.1 Å². The van der Waals surface area contributed by atoms with Crippen LogP contribution in [0.4, 0.5) is 5.69 Å². The highest BCUT2D eigenvalue weighted by Gasteiger charge is 2.22. The standard InChI is InChI=1S/C11H14BrN3/c1-11(2,3)10-14-9(12)8-7(13)5-4-6-15(8)10/h4-6H,13H2,1-3H3. The van der Waals surface area contributed by atoms with E-state index >= 15 is 0 Å². The van der Waals surface area contributed by atoms with Crippen LogP contribution in [0.15, 0.2) is 22.9 Å². The molecule has 0 saturated heterocycles. The fourth-order valence-corrected chi connectivity index (χ4v) is 2.24. The molecule has 80 valence electrons. The lowest BCUT2D eigenvalue weighted by atomic mass is 9.96. The molecular weight excluding hydrogens is 254 g/mol. The first-order chi connectivity index (χ1) is 6.91. The first-order valence-corrected chi connectivity index (χ1v) is 5.63. The number of nitrogen functional groups attached to an aromatic ring is 1. The van der Waals surface area contributed by atoms with E-state index in [-0.39, 0.29) is 5.41 Å². The molecule has 15 heavy (non-hydrogen) atoms. The molecule has 0 unspecified atom stereocenters. The molecule has 0 aromatic carbocycles. The summed E-state index contributed by atoms with van der Waals surface area (Å²) in [7, 11) is 0. The summed E-state index contributed by atoms with van der Waals surface area (Å²) < 4.78 is 2.85. The molecule has 0 saturated carbocycles. The first-order valence-electron chi connectivity index (χ1n) is 4.84. The molecule has 0 aliphatic rings. The van der Waals surface area contributed by atoms with Gasteiger partial charge in [-0.15, -0.1) is 0 Å². The zero-order chi connectivity index (χ0) is 11.2. The van der Waals surface area contributed by atoms with Crippen molar-refractivity contribution < 1.29 is 0 Å². The topological polar surface area (TPSA) is 43.3 Å². The fraction of sp³-hybridized carbons (Fsp3) is 0.364. The van der Waals surface area contributed by atoms with Gasteiger partial charge >= 0.3 is 0 Å². The highest BCUT2D eigenvalue weighted by Crippen LogP contribution is 2.29. The molecule has 0 atom stereocenters. The Hall–Kier alpha value is -1.03. The van der Waals surface area contributed by atoms with E-state index < -0.39 is 0 Å². The molecule has 3 nitrogen and oxygen atoms in total. The predicted octanol–water partition coefficient (Wildman–Crippen LogP) is 2.98. The van der Waals surface area contributed by atoms with Crippen molar-refractivity contribution in [1.82, 2.24) is 9.38 Å². The van der Waals surface area contributed by atoms with Crippen LogP contribution in [-0.4, -0.2) is 9.38 Å². The van der Waals surface area contributed by atoms with Gasteiger partial charge in [-0.3, -0.25) is 0 Å². The zero-order valence-corrected chi connectivity index (χ0v) is 10.7. The van der Waals surface area contributed by atoms with Crippen molar-refractivity contribution in [3.63, 3.8) is 0 Å². The third-order valence-electron chi connectivity index (χ3n) is 2.32. The third kappa shape index (κ3) is 1.63. The van der Waals surface area contributed by atoms with Gasteiger partial charge in [0.25, 0.3) is 0 Å². The Morgan fingerprint density at radius 3 is 2.67 bits per heavy atom. The van der Waals surface area contributed by atoms with Crippen molar-refractivity contribution in [3.05, 3.63) is 28.8 Å². The van der Waals surface area contributed by atoms with E-state index in [1.807, 2.05) is 22.7 Å². The minimum atomic E-state index is 0.00271. The molecule has 4 heteroatoms. The lowest BCUT2D eigenvalue weighted by Crippen LogP contribution is -2.15. The monoisotopic (exact) mass is 267 g/mol. The lowest BCUT2D eigenvalue weighted by Gasteiger charge is -2.16. The number of rotatable bonds is 0. The van der Waals surface area contributed by atoms with E-state index in [1.165, 1.54) is 0 Å². The second-order valence-corrected chi connectivity index (χ2v) is 5.41. The Bertz CT molecular complexity index is 508. The molecule has 0 aliphatic carbocycles. The average Bonchev–Trinajstić information content (AvgIpc) is 2.44. The van der Waals surface area contributed by atoms with Crippen molar-refractivity contribution in [3.8, 4) is 0 Å². The van der Waals surface area contributed by atoms with Gasteiger partial charge in [0.15, 0.2) is 0 Å². The van der Waals surface area contributed by atoms with E-state index in [1.54, 1.807) is 0 Å². The van der Waals surface area contributed by atoms with Gasteiger partial charge in [0, 0.05) is 11.6 Å². The van der Waals surface area contributed by atoms with Crippen molar-refractivity contribution in [2.45, 2.75) is 26.2 Å². The number of nitrogens with two attached hydrogens (primary N) is 1. The summed E-state index contributed by atoms with van der Waals surface area (Å²) in [6.45, 7) is 6.41. The number of anilines is 1. The number of fused-ring (bicyclic) bond motifs is 1. The largest absolute Gasteiger partial charge is 0.397 e. The summed E-state index contributed by atoms with van der Waals surface area (Å²) in [6.07, 6.45) is 1.99. The summed E-state index contributed by atoms with van der Waals surface area (Å²) in [4.78, 5) is 4.52. The van der Waals surface area contributed by atoms with E-state index in [0.717, 1.165) is 21.6 Å². The minimum Gasteiger partial charge on any atom is -0.397 e. The Labute approximate surface area is 97.4 Å². The van der Waals surface area contributed by atoms with Gasteiger partial charge in [-0.2, -0.15) is 0 Å². The normalized spacial score (nSPS) is 12.3. The summed E-state index contributed by atoms with van der Waals surface area (Å²) >= 11 is 3.45. The summed E-state index contributed by atoms with van der Waals surface area (Å²) in [5.41, 5.74) is 7.62. The summed E-state index contributed by atoms with van der Waals surface area (Å²) in [6, 6.07) is 3.82. The van der Waals surface area contributed by atoms with Gasteiger partial charge in [-0.1, -0.05) is 20.8 Å². The summed E-state index contributed by atoms with van der Waals surface area (Å²) in [5.74, 6) is 1.01. The molecule has 0 radical (unpaired) electrons. The van der Waals surface area contributed by atoms with Crippen LogP contribution in [0.3, 0.4) is 0 Å². The van der Waals surface area contributed by atoms with Crippen LogP contribution < -0.4 is 5.73 Å². The van der Waals surface area contributed by atoms with Gasteiger partial charge in [-0.25, -0.2) is 4.98 Å². The number of hydrogen-bond acceptors (Lipinski definition) is 2. The Balaban J connectivity index is 2.85. The molecule has 2 N–H and O–H groups in total. The molecule has 0 bridgehead atoms. The molecule has 0 spiro atoms. The molecule has 0 fully saturated rings. The van der Waals surface area contributed by atoms with Crippen molar-refractivity contribution in [2.75, 3.05) is 5.73 Å². The number of halogens is 1. The number of hydrogen-bond donors (Lipinski definition) is 1. The SMILES string of the molecule is CC(C)(C)c1nc(Br)c2c(N)cccn12. The van der Waals surface area contributed by atoms with Crippen LogP contribution in [0, 0.1) is 0 Å². The van der Waals surface area contributed by atoms with Crippen LogP contribution in [0.5, 0.6) is 0 Å². The number of nitrogens with zero attached hydrogens (tertiary/aromatic N) is 2. The number of aromatic nitrogens is 2. The molecule has 2 aromatic heterocycles. The van der Waals surface area contributed by atoms with E-state index in [2.05, 4.69) is 41.7 Å². The van der Waals surface area contributed by atoms with Gasteiger partial charge < -0.3 is 10.1 Å². The van der Waals surface area contributed by atoms with E-state index in [0.29, 0.717) is 0 Å². The van der Waals surface area contributed by atoms with Crippen LogP contribution in [0.25, 0.3) is 5.52 Å². The van der Waals surface area contributed by atoms with Gasteiger partial charge in [0.05, 0.1) is 5.69 Å². The zero-order valence-electron chi connectivity index (χ0n) is 9.08. The fourth-order valence-electron chi connectivity index (χ4n) is 1.65. The van der Waals surface area contributed by atoms with Crippen LogP contribution in [0.2, 0.25) is 0 Å². The van der Waals surface area contributed by atoms with Crippen LogP contribution in [-0.2, 0) is 5.41 Å². The van der Waals surface area contributed by atoms with Crippen molar-refractivity contribution in [2.24, 2.45) is 0 Å². The van der Waals surface area contributed by atoms with Crippen molar-refractivity contribution in [1.29, 1.82) is 0 Å². The van der Waals surface area contributed by atoms with Gasteiger partial charge in [0.1, 0.15) is 15.9 Å². The first kappa shape index (κ1) is 10.5. The average molecular weight is 268 g/mol. The highest BCUT2D eigenvalue weighted by molar-refractivity contribution is 9.10. The van der Waals surface area contributed by atoms with Crippen molar-refractivity contribution >= 4 is 27.1 Å². The highest BCUT2D eigenvalue weighted by atomic mass is 79.9. The van der Waals surface area contributed by atoms with Gasteiger partial charge in [0.2, 0.25) is 0 Å².